The summed E-state index contributed by atoms with van der Waals surface area (Å²) in [4.78, 5) is 11.2. The summed E-state index contributed by atoms with van der Waals surface area (Å²) in [5.74, 6) is 0.0347. The molecule has 0 saturated heterocycles. The van der Waals surface area contributed by atoms with Crippen molar-refractivity contribution in [3.8, 4) is 0 Å². The van der Waals surface area contributed by atoms with Crippen molar-refractivity contribution in [2.24, 2.45) is 5.92 Å². The summed E-state index contributed by atoms with van der Waals surface area (Å²) in [5.41, 5.74) is 0. The minimum atomic E-state index is -0.576. The normalized spacial score (nSPS) is 38.2. The van der Waals surface area contributed by atoms with Crippen LogP contribution >= 0.6 is 11.8 Å². The molecule has 2 saturated carbocycles. The predicted octanol–water partition coefficient (Wildman–Crippen LogP) is 2.92. The molecule has 0 aromatic rings. The Balaban J connectivity index is 1.95. The number of thioether (sulfide) groups is 1. The Bertz CT molecular complexity index is 227. The van der Waals surface area contributed by atoms with Crippen molar-refractivity contribution in [2.75, 3.05) is 0 Å². The monoisotopic (exact) mass is 214 g/mol. The molecule has 2 nitrogen and oxygen atoms in total. The van der Waals surface area contributed by atoms with Crippen LogP contribution in [0.5, 0.6) is 0 Å². The average molecular weight is 214 g/mol. The molecule has 14 heavy (non-hydrogen) atoms. The average Bonchev–Trinajstić information content (AvgIpc) is 2.53. The highest BCUT2D eigenvalue weighted by atomic mass is 32.2. The molecule has 0 amide bonds. The SMILES string of the molecule is CC1CC(SC2CCCC2)(C(=O)O)C1. The molecule has 0 aliphatic heterocycles. The van der Waals surface area contributed by atoms with Crippen molar-refractivity contribution in [1.29, 1.82) is 0 Å². The van der Waals surface area contributed by atoms with Crippen molar-refractivity contribution in [3.05, 3.63) is 0 Å². The number of carbonyl (C=O) groups is 1. The molecule has 0 heterocycles. The molecule has 2 rings (SSSR count). The van der Waals surface area contributed by atoms with Gasteiger partial charge in [0.25, 0.3) is 0 Å². The van der Waals surface area contributed by atoms with E-state index in [1.807, 2.05) is 0 Å². The molecule has 0 bridgehead atoms. The Morgan fingerprint density at radius 3 is 2.36 bits per heavy atom. The number of carboxylic acid groups (broad SMARTS) is 1. The van der Waals surface area contributed by atoms with Crippen LogP contribution in [-0.4, -0.2) is 21.1 Å². The lowest BCUT2D eigenvalue weighted by Crippen LogP contribution is -2.47. The first-order valence-electron chi connectivity index (χ1n) is 5.54. The fraction of sp³-hybridized carbons (Fsp3) is 0.909. The standard InChI is InChI=1S/C11H18O2S/c1-8-6-11(7-8,10(12)13)14-9-4-2-3-5-9/h8-9H,2-7H2,1H3,(H,12,13). The Hall–Kier alpha value is -0.180. The second kappa shape index (κ2) is 3.76. The lowest BCUT2D eigenvalue weighted by atomic mass is 9.75. The summed E-state index contributed by atoms with van der Waals surface area (Å²) < 4.78 is -0.408. The van der Waals surface area contributed by atoms with Crippen LogP contribution in [0.4, 0.5) is 0 Å². The van der Waals surface area contributed by atoms with E-state index in [9.17, 15) is 9.90 Å². The largest absolute Gasteiger partial charge is 0.480 e. The van der Waals surface area contributed by atoms with Crippen molar-refractivity contribution in [2.45, 2.75) is 55.4 Å². The van der Waals surface area contributed by atoms with E-state index in [1.54, 1.807) is 11.8 Å². The minimum Gasteiger partial charge on any atom is -0.480 e. The van der Waals surface area contributed by atoms with Gasteiger partial charge in [-0.15, -0.1) is 11.8 Å². The van der Waals surface area contributed by atoms with Crippen LogP contribution in [0.3, 0.4) is 0 Å². The van der Waals surface area contributed by atoms with Crippen molar-refractivity contribution in [1.82, 2.24) is 0 Å². The Labute approximate surface area is 89.5 Å². The van der Waals surface area contributed by atoms with Gasteiger partial charge in [-0.05, 0) is 31.6 Å². The Morgan fingerprint density at radius 1 is 1.36 bits per heavy atom. The molecule has 0 radical (unpaired) electrons. The van der Waals surface area contributed by atoms with Crippen LogP contribution in [0.15, 0.2) is 0 Å². The summed E-state index contributed by atoms with van der Waals surface area (Å²) in [6.45, 7) is 2.15. The third-order valence-corrected chi connectivity index (χ3v) is 5.20. The number of aliphatic carboxylic acids is 1. The maximum Gasteiger partial charge on any atom is 0.319 e. The van der Waals surface area contributed by atoms with Gasteiger partial charge in [-0.1, -0.05) is 19.8 Å². The van der Waals surface area contributed by atoms with Gasteiger partial charge >= 0.3 is 5.97 Å². The molecule has 0 atom stereocenters. The number of rotatable bonds is 3. The Morgan fingerprint density at radius 2 is 1.93 bits per heavy atom. The summed E-state index contributed by atoms with van der Waals surface area (Å²) in [5, 5.41) is 9.86. The van der Waals surface area contributed by atoms with E-state index in [0.717, 1.165) is 12.8 Å². The van der Waals surface area contributed by atoms with Gasteiger partial charge in [-0.3, -0.25) is 4.79 Å². The summed E-state index contributed by atoms with van der Waals surface area (Å²) in [7, 11) is 0. The molecule has 2 fully saturated rings. The highest BCUT2D eigenvalue weighted by molar-refractivity contribution is 8.02. The van der Waals surface area contributed by atoms with Crippen LogP contribution in [0.2, 0.25) is 0 Å². The molecule has 0 aromatic heterocycles. The Kier molecular flexibility index (Phi) is 2.78. The maximum atomic E-state index is 11.2. The first kappa shape index (κ1) is 10.3. The molecule has 2 aliphatic carbocycles. The van der Waals surface area contributed by atoms with E-state index in [2.05, 4.69) is 6.92 Å². The fourth-order valence-electron chi connectivity index (χ4n) is 2.71. The van der Waals surface area contributed by atoms with E-state index in [-0.39, 0.29) is 0 Å². The van der Waals surface area contributed by atoms with E-state index in [1.165, 1.54) is 25.7 Å². The molecule has 2 aliphatic rings. The van der Waals surface area contributed by atoms with Crippen LogP contribution in [0.1, 0.15) is 45.4 Å². The number of carboxylic acids is 1. The van der Waals surface area contributed by atoms with Gasteiger partial charge in [0.1, 0.15) is 4.75 Å². The highest BCUT2D eigenvalue weighted by Crippen LogP contribution is 2.52. The van der Waals surface area contributed by atoms with E-state index >= 15 is 0 Å². The van der Waals surface area contributed by atoms with Crippen LogP contribution in [-0.2, 0) is 4.79 Å². The summed E-state index contributed by atoms with van der Waals surface area (Å²) in [6.07, 6.45) is 6.81. The van der Waals surface area contributed by atoms with Crippen LogP contribution < -0.4 is 0 Å². The zero-order chi connectivity index (χ0) is 10.2. The third-order valence-electron chi connectivity index (χ3n) is 3.44. The molecular weight excluding hydrogens is 196 g/mol. The fourth-order valence-corrected chi connectivity index (χ4v) is 4.78. The smallest absolute Gasteiger partial charge is 0.319 e. The molecule has 0 unspecified atom stereocenters. The van der Waals surface area contributed by atoms with Gasteiger partial charge in [0, 0.05) is 5.25 Å². The van der Waals surface area contributed by atoms with Crippen molar-refractivity contribution < 1.29 is 9.90 Å². The molecule has 3 heteroatoms. The van der Waals surface area contributed by atoms with Crippen molar-refractivity contribution >= 4 is 17.7 Å². The zero-order valence-corrected chi connectivity index (χ0v) is 9.48. The summed E-state index contributed by atoms with van der Waals surface area (Å²) >= 11 is 1.75. The van der Waals surface area contributed by atoms with Gasteiger partial charge in [-0.25, -0.2) is 0 Å². The van der Waals surface area contributed by atoms with Gasteiger partial charge in [-0.2, -0.15) is 0 Å². The second-order valence-electron chi connectivity index (χ2n) is 4.84. The third kappa shape index (κ3) is 1.79. The number of hydrogen-bond donors (Lipinski definition) is 1. The first-order valence-corrected chi connectivity index (χ1v) is 6.41. The molecule has 1 N–H and O–H groups in total. The first-order chi connectivity index (χ1) is 6.62. The molecule has 0 aromatic carbocycles. The summed E-state index contributed by atoms with van der Waals surface area (Å²) in [6, 6.07) is 0. The lowest BCUT2D eigenvalue weighted by Gasteiger charge is -2.43. The maximum absolute atomic E-state index is 11.2. The van der Waals surface area contributed by atoms with Gasteiger partial charge in [0.05, 0.1) is 0 Å². The van der Waals surface area contributed by atoms with Gasteiger partial charge in [0.15, 0.2) is 0 Å². The highest BCUT2D eigenvalue weighted by Gasteiger charge is 2.50. The lowest BCUT2D eigenvalue weighted by molar-refractivity contribution is -0.143. The predicted molar refractivity (Wildman–Crippen MR) is 58.6 cm³/mol. The topological polar surface area (TPSA) is 37.3 Å². The molecular formula is C11H18O2S. The van der Waals surface area contributed by atoms with E-state index in [4.69, 9.17) is 0 Å². The minimum absolute atomic E-state index is 0.408. The molecule has 80 valence electrons. The molecule has 0 spiro atoms. The second-order valence-corrected chi connectivity index (χ2v) is 6.52. The van der Waals surface area contributed by atoms with Crippen LogP contribution in [0, 0.1) is 5.92 Å². The van der Waals surface area contributed by atoms with Gasteiger partial charge < -0.3 is 5.11 Å². The van der Waals surface area contributed by atoms with Crippen LogP contribution in [0.25, 0.3) is 0 Å². The van der Waals surface area contributed by atoms with E-state index < -0.39 is 10.7 Å². The van der Waals surface area contributed by atoms with Gasteiger partial charge in [0.2, 0.25) is 0 Å². The quantitative estimate of drug-likeness (QED) is 0.785. The van der Waals surface area contributed by atoms with Crippen molar-refractivity contribution in [3.63, 3.8) is 0 Å². The van der Waals surface area contributed by atoms with E-state index in [0.29, 0.717) is 11.2 Å². The zero-order valence-electron chi connectivity index (χ0n) is 8.66. The number of hydrogen-bond acceptors (Lipinski definition) is 2.